The minimum absolute atomic E-state index is 0. The number of nitrogens with zero attached hydrogens (tertiary/aromatic N) is 1. The highest BCUT2D eigenvalue weighted by atomic mass is 127. The van der Waals surface area contributed by atoms with Crippen molar-refractivity contribution in [2.24, 2.45) is 4.99 Å². The number of amides is 1. The summed E-state index contributed by atoms with van der Waals surface area (Å²) in [6.45, 7) is 3.76. The third-order valence-corrected chi connectivity index (χ3v) is 5.02. The fourth-order valence-electron chi connectivity index (χ4n) is 2.74. The van der Waals surface area contributed by atoms with E-state index in [1.807, 2.05) is 43.3 Å². The minimum Gasteiger partial charge on any atom is -0.484 e. The molecule has 9 heteroatoms. The number of benzene rings is 2. The first-order valence-electron chi connectivity index (χ1n) is 10.0. The lowest BCUT2D eigenvalue weighted by atomic mass is 10.2. The van der Waals surface area contributed by atoms with Crippen LogP contribution in [0.1, 0.15) is 30.9 Å². The van der Waals surface area contributed by atoms with E-state index in [9.17, 15) is 4.79 Å². The Morgan fingerprint density at radius 1 is 1.16 bits per heavy atom. The average molecular weight is 577 g/mol. The van der Waals surface area contributed by atoms with Gasteiger partial charge in [-0.05, 0) is 55.2 Å². The number of carbonyl (C=O) groups excluding carboxylic acids is 1. The molecular weight excluding hydrogens is 550 g/mol. The predicted octanol–water partition coefficient (Wildman–Crippen LogP) is 4.52. The number of ether oxygens (including phenoxy) is 1. The zero-order chi connectivity index (χ0) is 21.3. The summed E-state index contributed by atoms with van der Waals surface area (Å²) in [6, 6.07) is 13.4. The average Bonchev–Trinajstić information content (AvgIpc) is 3.54. The molecule has 2 aromatic carbocycles. The largest absolute Gasteiger partial charge is 0.484 e. The molecule has 0 atom stereocenters. The zero-order valence-electron chi connectivity index (χ0n) is 17.3. The van der Waals surface area contributed by atoms with Crippen molar-refractivity contribution in [3.63, 3.8) is 0 Å². The van der Waals surface area contributed by atoms with E-state index in [0.717, 1.165) is 30.5 Å². The summed E-state index contributed by atoms with van der Waals surface area (Å²) in [5, 5.41) is 10.6. The van der Waals surface area contributed by atoms with Gasteiger partial charge in [-0.15, -0.1) is 24.0 Å². The number of carbonyl (C=O) groups is 1. The molecule has 1 fully saturated rings. The summed E-state index contributed by atoms with van der Waals surface area (Å²) in [5.41, 5.74) is 1.92. The number of rotatable bonds is 9. The van der Waals surface area contributed by atoms with Gasteiger partial charge in [-0.1, -0.05) is 41.4 Å². The molecule has 0 radical (unpaired) electrons. The van der Waals surface area contributed by atoms with Gasteiger partial charge < -0.3 is 20.7 Å². The van der Waals surface area contributed by atoms with Crippen molar-refractivity contribution in [2.75, 3.05) is 13.2 Å². The second-order valence-electron chi connectivity index (χ2n) is 7.06. The SMILES string of the molecule is CCNC(=NCc1cccc(OCC(=O)NC2CC2)c1)NCc1ccc(Cl)cc1Cl.I. The molecule has 168 valence electrons. The van der Waals surface area contributed by atoms with E-state index in [-0.39, 0.29) is 36.5 Å². The van der Waals surface area contributed by atoms with E-state index in [1.165, 1.54) is 0 Å². The molecule has 1 saturated carbocycles. The van der Waals surface area contributed by atoms with Crippen LogP contribution in [-0.2, 0) is 17.9 Å². The number of hydrogen-bond donors (Lipinski definition) is 3. The van der Waals surface area contributed by atoms with Gasteiger partial charge in [0.15, 0.2) is 12.6 Å². The smallest absolute Gasteiger partial charge is 0.258 e. The molecule has 0 unspecified atom stereocenters. The molecule has 1 aliphatic carbocycles. The maximum Gasteiger partial charge on any atom is 0.258 e. The van der Waals surface area contributed by atoms with Crippen LogP contribution in [0.5, 0.6) is 5.75 Å². The third kappa shape index (κ3) is 9.13. The van der Waals surface area contributed by atoms with Gasteiger partial charge in [0, 0.05) is 29.2 Å². The van der Waals surface area contributed by atoms with Gasteiger partial charge in [0.1, 0.15) is 5.75 Å². The maximum absolute atomic E-state index is 11.8. The first-order valence-corrected chi connectivity index (χ1v) is 10.8. The van der Waals surface area contributed by atoms with Crippen molar-refractivity contribution in [3.8, 4) is 5.75 Å². The highest BCUT2D eigenvalue weighted by molar-refractivity contribution is 14.0. The number of nitrogens with one attached hydrogen (secondary N) is 3. The molecule has 0 aliphatic heterocycles. The lowest BCUT2D eigenvalue weighted by molar-refractivity contribution is -0.123. The van der Waals surface area contributed by atoms with Crippen LogP contribution in [0.4, 0.5) is 0 Å². The molecule has 3 N–H and O–H groups in total. The van der Waals surface area contributed by atoms with Crippen molar-refractivity contribution < 1.29 is 9.53 Å². The summed E-state index contributed by atoms with van der Waals surface area (Å²) >= 11 is 12.2. The Kier molecular flexibility index (Phi) is 10.7. The van der Waals surface area contributed by atoms with Crippen LogP contribution in [-0.4, -0.2) is 31.1 Å². The van der Waals surface area contributed by atoms with Gasteiger partial charge in [0.05, 0.1) is 6.54 Å². The zero-order valence-corrected chi connectivity index (χ0v) is 21.1. The fraction of sp³-hybridized carbons (Fsp3) is 0.364. The van der Waals surface area contributed by atoms with E-state index >= 15 is 0 Å². The first-order chi connectivity index (χ1) is 14.5. The number of halogens is 3. The Labute approximate surface area is 210 Å². The van der Waals surface area contributed by atoms with E-state index in [2.05, 4.69) is 20.9 Å². The summed E-state index contributed by atoms with van der Waals surface area (Å²) in [5.74, 6) is 1.25. The van der Waals surface area contributed by atoms with Crippen molar-refractivity contribution in [1.82, 2.24) is 16.0 Å². The Morgan fingerprint density at radius 2 is 1.97 bits per heavy atom. The molecule has 0 heterocycles. The van der Waals surface area contributed by atoms with Crippen LogP contribution in [0.15, 0.2) is 47.5 Å². The molecule has 0 spiro atoms. The molecule has 6 nitrogen and oxygen atoms in total. The second kappa shape index (κ2) is 13.0. The van der Waals surface area contributed by atoms with Crippen LogP contribution in [0, 0.1) is 0 Å². The van der Waals surface area contributed by atoms with Gasteiger partial charge in [-0.2, -0.15) is 0 Å². The summed E-state index contributed by atoms with van der Waals surface area (Å²) < 4.78 is 5.60. The van der Waals surface area contributed by atoms with Crippen LogP contribution in [0.2, 0.25) is 10.0 Å². The second-order valence-corrected chi connectivity index (χ2v) is 7.91. The van der Waals surface area contributed by atoms with Gasteiger partial charge in [0.2, 0.25) is 0 Å². The van der Waals surface area contributed by atoms with Crippen molar-refractivity contribution in [3.05, 3.63) is 63.6 Å². The molecular formula is C22H27Cl2IN4O2. The Hall–Kier alpha value is -1.71. The lowest BCUT2D eigenvalue weighted by Gasteiger charge is -2.13. The first kappa shape index (κ1) is 25.5. The highest BCUT2D eigenvalue weighted by Crippen LogP contribution is 2.21. The maximum atomic E-state index is 11.8. The predicted molar refractivity (Wildman–Crippen MR) is 137 cm³/mol. The Balaban J connectivity index is 0.00000341. The number of aliphatic imine (C=N–C) groups is 1. The fourth-order valence-corrected chi connectivity index (χ4v) is 3.21. The number of hydrogen-bond acceptors (Lipinski definition) is 3. The van der Waals surface area contributed by atoms with E-state index < -0.39 is 0 Å². The molecule has 0 bridgehead atoms. The van der Waals surface area contributed by atoms with Crippen LogP contribution in [0.25, 0.3) is 0 Å². The van der Waals surface area contributed by atoms with Crippen LogP contribution < -0.4 is 20.7 Å². The van der Waals surface area contributed by atoms with Crippen molar-refractivity contribution in [1.29, 1.82) is 0 Å². The van der Waals surface area contributed by atoms with Gasteiger partial charge >= 0.3 is 0 Å². The molecule has 1 amide bonds. The normalized spacial score (nSPS) is 13.2. The summed E-state index contributed by atoms with van der Waals surface area (Å²) in [6.07, 6.45) is 2.12. The topological polar surface area (TPSA) is 74.8 Å². The van der Waals surface area contributed by atoms with Gasteiger partial charge in [0.25, 0.3) is 5.91 Å². The molecule has 31 heavy (non-hydrogen) atoms. The molecule has 0 saturated heterocycles. The third-order valence-electron chi connectivity index (χ3n) is 4.44. The van der Waals surface area contributed by atoms with Crippen molar-refractivity contribution >= 4 is 59.0 Å². The minimum atomic E-state index is -0.0829. The Morgan fingerprint density at radius 3 is 2.68 bits per heavy atom. The molecule has 1 aliphatic rings. The molecule has 2 aromatic rings. The van der Waals surface area contributed by atoms with Crippen LogP contribution in [0.3, 0.4) is 0 Å². The number of guanidine groups is 1. The summed E-state index contributed by atoms with van der Waals surface area (Å²) in [7, 11) is 0. The van der Waals surface area contributed by atoms with Gasteiger partial charge in [-0.25, -0.2) is 4.99 Å². The van der Waals surface area contributed by atoms with E-state index in [4.69, 9.17) is 27.9 Å². The molecule has 3 rings (SSSR count). The van der Waals surface area contributed by atoms with E-state index in [1.54, 1.807) is 6.07 Å². The quantitative estimate of drug-likeness (QED) is 0.233. The standard InChI is InChI=1S/C22H26Cl2N4O2.HI/c1-2-25-22(27-13-16-6-7-17(23)11-20(16)24)26-12-15-4-3-5-19(10-15)30-14-21(29)28-18-8-9-18;/h3-7,10-11,18H,2,8-9,12-14H2,1H3,(H,28,29)(H2,25,26,27);1H. The van der Waals surface area contributed by atoms with Crippen LogP contribution >= 0.6 is 47.2 Å². The van der Waals surface area contributed by atoms with E-state index in [0.29, 0.717) is 40.9 Å². The summed E-state index contributed by atoms with van der Waals surface area (Å²) in [4.78, 5) is 16.4. The lowest BCUT2D eigenvalue weighted by Crippen LogP contribution is -2.36. The molecule has 0 aromatic heterocycles. The highest BCUT2D eigenvalue weighted by Gasteiger charge is 2.23. The van der Waals surface area contributed by atoms with Gasteiger partial charge in [-0.3, -0.25) is 4.79 Å². The van der Waals surface area contributed by atoms with Crippen molar-refractivity contribution in [2.45, 2.75) is 38.9 Å². The monoisotopic (exact) mass is 576 g/mol. The Bertz CT molecular complexity index is 907.